The topological polar surface area (TPSA) is 91.7 Å². The van der Waals surface area contributed by atoms with E-state index in [-0.39, 0.29) is 10.6 Å². The third kappa shape index (κ3) is 2.52. The second-order valence-corrected chi connectivity index (χ2v) is 5.41. The number of benzene rings is 1. The molecular weight excluding hydrogens is 232 g/mol. The van der Waals surface area contributed by atoms with Crippen LogP contribution in [0.3, 0.4) is 0 Å². The van der Waals surface area contributed by atoms with Crippen LogP contribution in [0, 0.1) is 0 Å². The molecule has 0 atom stereocenters. The molecule has 0 aliphatic carbocycles. The molecule has 1 aromatic rings. The van der Waals surface area contributed by atoms with Crippen molar-refractivity contribution in [2.24, 2.45) is 0 Å². The van der Waals surface area contributed by atoms with Crippen LogP contribution in [0.2, 0.25) is 0 Å². The van der Waals surface area contributed by atoms with E-state index in [0.717, 1.165) is 12.1 Å². The highest BCUT2D eigenvalue weighted by Crippen LogP contribution is 2.22. The molecule has 1 aromatic carbocycles. The zero-order chi connectivity index (χ0) is 12.3. The van der Waals surface area contributed by atoms with Crippen LogP contribution in [-0.4, -0.2) is 30.4 Å². The zero-order valence-corrected chi connectivity index (χ0v) is 9.49. The van der Waals surface area contributed by atoms with Crippen molar-refractivity contribution in [3.05, 3.63) is 23.8 Å². The summed E-state index contributed by atoms with van der Waals surface area (Å²) in [4.78, 5) is 10.6. The van der Waals surface area contributed by atoms with Gasteiger partial charge in [0.25, 0.3) is 0 Å². The number of rotatable bonds is 4. The molecule has 0 aromatic heterocycles. The van der Waals surface area contributed by atoms with E-state index in [9.17, 15) is 18.3 Å². The first-order valence-corrected chi connectivity index (χ1v) is 6.32. The summed E-state index contributed by atoms with van der Waals surface area (Å²) in [6.07, 6.45) is 0.450. The Morgan fingerprint density at radius 2 is 2.00 bits per heavy atom. The molecule has 6 heteroatoms. The number of carboxylic acids is 1. The Morgan fingerprint density at radius 3 is 2.50 bits per heavy atom. The van der Waals surface area contributed by atoms with E-state index < -0.39 is 27.1 Å². The van der Waals surface area contributed by atoms with Crippen LogP contribution in [-0.2, 0) is 9.84 Å². The Morgan fingerprint density at radius 1 is 1.38 bits per heavy atom. The molecule has 0 bridgehead atoms. The fourth-order valence-electron chi connectivity index (χ4n) is 1.27. The van der Waals surface area contributed by atoms with Crippen molar-refractivity contribution in [1.29, 1.82) is 0 Å². The van der Waals surface area contributed by atoms with Crippen molar-refractivity contribution in [3.8, 4) is 5.75 Å². The molecule has 0 fully saturated rings. The molecule has 0 unspecified atom stereocenters. The van der Waals surface area contributed by atoms with Crippen molar-refractivity contribution >= 4 is 15.8 Å². The van der Waals surface area contributed by atoms with E-state index in [0.29, 0.717) is 6.42 Å². The Hall–Kier alpha value is -1.56. The van der Waals surface area contributed by atoms with E-state index in [1.165, 1.54) is 6.07 Å². The van der Waals surface area contributed by atoms with Gasteiger partial charge in [-0.1, -0.05) is 6.92 Å². The van der Waals surface area contributed by atoms with Crippen molar-refractivity contribution in [3.63, 3.8) is 0 Å². The third-order valence-corrected chi connectivity index (χ3v) is 3.95. The van der Waals surface area contributed by atoms with Gasteiger partial charge in [-0.25, -0.2) is 13.2 Å². The van der Waals surface area contributed by atoms with Crippen LogP contribution >= 0.6 is 0 Å². The summed E-state index contributed by atoms with van der Waals surface area (Å²) in [5.41, 5.74) is -0.405. The van der Waals surface area contributed by atoms with Gasteiger partial charge >= 0.3 is 5.97 Å². The number of sulfone groups is 1. The summed E-state index contributed by atoms with van der Waals surface area (Å²) in [5.74, 6) is -1.84. The van der Waals surface area contributed by atoms with Crippen molar-refractivity contribution < 1.29 is 23.4 Å². The molecule has 0 radical (unpaired) electrons. The number of aromatic carboxylic acids is 1. The van der Waals surface area contributed by atoms with Gasteiger partial charge in [-0.3, -0.25) is 0 Å². The van der Waals surface area contributed by atoms with Gasteiger partial charge < -0.3 is 10.2 Å². The number of carbonyl (C=O) groups is 1. The van der Waals surface area contributed by atoms with E-state index in [2.05, 4.69) is 0 Å². The minimum absolute atomic E-state index is 0.0448. The largest absolute Gasteiger partial charge is 0.507 e. The monoisotopic (exact) mass is 244 g/mol. The second kappa shape index (κ2) is 4.52. The Bertz CT molecular complexity index is 504. The highest BCUT2D eigenvalue weighted by molar-refractivity contribution is 7.91. The van der Waals surface area contributed by atoms with Gasteiger partial charge in [0.05, 0.1) is 10.6 Å². The molecule has 0 amide bonds. The molecular formula is C10H12O5S. The highest BCUT2D eigenvalue weighted by Gasteiger charge is 2.17. The lowest BCUT2D eigenvalue weighted by Gasteiger charge is -2.05. The lowest BCUT2D eigenvalue weighted by atomic mass is 10.2. The molecule has 2 N–H and O–H groups in total. The van der Waals surface area contributed by atoms with Gasteiger partial charge in [0.1, 0.15) is 11.3 Å². The average Bonchev–Trinajstić information content (AvgIpc) is 2.17. The van der Waals surface area contributed by atoms with Gasteiger partial charge in [0.15, 0.2) is 9.84 Å². The molecule has 16 heavy (non-hydrogen) atoms. The fourth-order valence-corrected chi connectivity index (χ4v) is 2.61. The fraction of sp³-hybridized carbons (Fsp3) is 0.300. The summed E-state index contributed by atoms with van der Waals surface area (Å²) in [6, 6.07) is 3.25. The minimum Gasteiger partial charge on any atom is -0.507 e. The standard InChI is InChI=1S/C10H12O5S/c1-2-5-16(14,15)7-3-4-9(11)8(6-7)10(12)13/h3-4,6,11H,2,5H2,1H3,(H,12,13). The molecule has 0 spiro atoms. The first-order chi connectivity index (χ1) is 7.38. The summed E-state index contributed by atoms with van der Waals surface area (Å²) >= 11 is 0. The smallest absolute Gasteiger partial charge is 0.339 e. The molecule has 0 saturated heterocycles. The van der Waals surface area contributed by atoms with Crippen molar-refractivity contribution in [1.82, 2.24) is 0 Å². The van der Waals surface area contributed by atoms with E-state index in [1.807, 2.05) is 0 Å². The first kappa shape index (κ1) is 12.5. The van der Waals surface area contributed by atoms with Crippen LogP contribution in [0.1, 0.15) is 23.7 Å². The maximum atomic E-state index is 11.6. The van der Waals surface area contributed by atoms with Crippen LogP contribution in [0.4, 0.5) is 0 Å². The molecule has 0 aliphatic rings. The minimum atomic E-state index is -3.46. The number of hydrogen-bond acceptors (Lipinski definition) is 4. The maximum absolute atomic E-state index is 11.6. The van der Waals surface area contributed by atoms with Gasteiger partial charge in [0.2, 0.25) is 0 Å². The Kier molecular flexibility index (Phi) is 3.54. The molecule has 1 rings (SSSR count). The summed E-state index contributed by atoms with van der Waals surface area (Å²) in [7, 11) is -3.46. The SMILES string of the molecule is CCCS(=O)(=O)c1ccc(O)c(C(=O)O)c1. The van der Waals surface area contributed by atoms with Crippen LogP contribution < -0.4 is 0 Å². The normalized spacial score (nSPS) is 11.3. The lowest BCUT2D eigenvalue weighted by Crippen LogP contribution is -2.07. The average molecular weight is 244 g/mol. The quantitative estimate of drug-likeness (QED) is 0.832. The van der Waals surface area contributed by atoms with Gasteiger partial charge in [0, 0.05) is 0 Å². The molecule has 0 aliphatic heterocycles. The molecule has 0 saturated carbocycles. The predicted octanol–water partition coefficient (Wildman–Crippen LogP) is 1.27. The van der Waals surface area contributed by atoms with Crippen molar-refractivity contribution in [2.75, 3.05) is 5.75 Å². The summed E-state index contributed by atoms with van der Waals surface area (Å²) in [5, 5.41) is 18.0. The van der Waals surface area contributed by atoms with Gasteiger partial charge in [-0.15, -0.1) is 0 Å². The first-order valence-electron chi connectivity index (χ1n) is 4.67. The highest BCUT2D eigenvalue weighted by atomic mass is 32.2. The van der Waals surface area contributed by atoms with E-state index >= 15 is 0 Å². The Balaban J connectivity index is 3.28. The number of hydrogen-bond donors (Lipinski definition) is 2. The summed E-state index contributed by atoms with van der Waals surface area (Å²) in [6.45, 7) is 1.72. The molecule has 5 nitrogen and oxygen atoms in total. The number of phenols is 1. The Labute approximate surface area is 93.3 Å². The third-order valence-electron chi connectivity index (χ3n) is 2.03. The second-order valence-electron chi connectivity index (χ2n) is 3.30. The predicted molar refractivity (Wildman–Crippen MR) is 57.4 cm³/mol. The van der Waals surface area contributed by atoms with Crippen LogP contribution in [0.25, 0.3) is 0 Å². The van der Waals surface area contributed by atoms with E-state index in [4.69, 9.17) is 5.11 Å². The van der Waals surface area contributed by atoms with Gasteiger partial charge in [-0.05, 0) is 24.6 Å². The molecule has 0 heterocycles. The van der Waals surface area contributed by atoms with Crippen molar-refractivity contribution in [2.45, 2.75) is 18.2 Å². The number of carboxylic acid groups (broad SMARTS) is 1. The number of aromatic hydroxyl groups is 1. The zero-order valence-electron chi connectivity index (χ0n) is 8.67. The van der Waals surface area contributed by atoms with Gasteiger partial charge in [-0.2, -0.15) is 0 Å². The summed E-state index contributed by atoms with van der Waals surface area (Å²) < 4.78 is 23.3. The lowest BCUT2D eigenvalue weighted by molar-refractivity contribution is 0.0693. The van der Waals surface area contributed by atoms with Crippen LogP contribution in [0.15, 0.2) is 23.1 Å². The maximum Gasteiger partial charge on any atom is 0.339 e. The molecule has 88 valence electrons. The van der Waals surface area contributed by atoms with E-state index in [1.54, 1.807) is 6.92 Å². The van der Waals surface area contributed by atoms with Crippen LogP contribution in [0.5, 0.6) is 5.75 Å².